The second-order valence-electron chi connectivity index (χ2n) is 5.18. The van der Waals surface area contributed by atoms with Crippen molar-refractivity contribution >= 4 is 17.3 Å². The lowest BCUT2D eigenvalue weighted by Gasteiger charge is -2.23. The maximum absolute atomic E-state index is 12.0. The van der Waals surface area contributed by atoms with Crippen LogP contribution in [0, 0.1) is 0 Å². The summed E-state index contributed by atoms with van der Waals surface area (Å²) in [4.78, 5) is 13.7. The second-order valence-corrected chi connectivity index (χ2v) is 5.18. The van der Waals surface area contributed by atoms with Crippen LogP contribution in [0.1, 0.15) is 12.5 Å². The molecule has 0 unspecified atom stereocenters. The Morgan fingerprint density at radius 2 is 1.91 bits per heavy atom. The number of fused-ring (bicyclic) bond motifs is 1. The van der Waals surface area contributed by atoms with Gasteiger partial charge in [0.15, 0.2) is 11.5 Å². The van der Waals surface area contributed by atoms with E-state index in [0.29, 0.717) is 25.4 Å². The zero-order valence-electron chi connectivity index (χ0n) is 12.4. The topological polar surface area (TPSA) is 64.8 Å². The number of hydrogen-bond acceptors (Lipinski definition) is 4. The molecule has 1 amide bonds. The average Bonchev–Trinajstić information content (AvgIpc) is 2.52. The third-order valence-electron chi connectivity index (χ3n) is 3.51. The monoisotopic (exact) mass is 298 g/mol. The van der Waals surface area contributed by atoms with Crippen molar-refractivity contribution in [3.63, 3.8) is 0 Å². The van der Waals surface area contributed by atoms with Crippen LogP contribution in [-0.4, -0.2) is 19.1 Å². The first-order chi connectivity index (χ1) is 10.6. The predicted molar refractivity (Wildman–Crippen MR) is 85.2 cm³/mol. The summed E-state index contributed by atoms with van der Waals surface area (Å²) in [5.41, 5.74) is 8.19. The van der Waals surface area contributed by atoms with E-state index >= 15 is 0 Å². The Labute approximate surface area is 129 Å². The fraction of sp³-hybridized carbons (Fsp3) is 0.235. The van der Waals surface area contributed by atoms with E-state index in [4.69, 9.17) is 15.2 Å². The summed E-state index contributed by atoms with van der Waals surface area (Å²) in [6.07, 6.45) is 0. The fourth-order valence-corrected chi connectivity index (χ4v) is 2.45. The molecule has 0 bridgehead atoms. The van der Waals surface area contributed by atoms with Crippen molar-refractivity contribution in [3.8, 4) is 11.5 Å². The van der Waals surface area contributed by atoms with Gasteiger partial charge in [-0.2, -0.15) is 0 Å². The van der Waals surface area contributed by atoms with Gasteiger partial charge in [-0.25, -0.2) is 0 Å². The molecule has 0 saturated carbocycles. The molecule has 2 aromatic carbocycles. The summed E-state index contributed by atoms with van der Waals surface area (Å²) in [6, 6.07) is 13.0. The molecule has 1 aliphatic heterocycles. The number of nitrogens with two attached hydrogens (primary N) is 1. The summed E-state index contributed by atoms with van der Waals surface area (Å²) < 4.78 is 11.1. The highest BCUT2D eigenvalue weighted by Gasteiger charge is 2.16. The van der Waals surface area contributed by atoms with Crippen LogP contribution in [-0.2, 0) is 11.3 Å². The molecule has 5 heteroatoms. The van der Waals surface area contributed by atoms with Crippen LogP contribution in [0.5, 0.6) is 11.5 Å². The van der Waals surface area contributed by atoms with Gasteiger partial charge in [0.2, 0.25) is 5.91 Å². The number of hydrogen-bond donors (Lipinski definition) is 1. The van der Waals surface area contributed by atoms with E-state index in [1.54, 1.807) is 24.0 Å². The molecule has 114 valence electrons. The van der Waals surface area contributed by atoms with Crippen molar-refractivity contribution in [1.29, 1.82) is 0 Å². The maximum atomic E-state index is 12.0. The van der Waals surface area contributed by atoms with E-state index in [0.717, 1.165) is 22.7 Å². The number of benzene rings is 2. The Kier molecular flexibility index (Phi) is 3.87. The van der Waals surface area contributed by atoms with Crippen molar-refractivity contribution in [1.82, 2.24) is 0 Å². The SMILES string of the molecule is CC(=O)N(Cc1ccc2c(c1)OCCO2)c1cccc(N)c1. The zero-order chi connectivity index (χ0) is 15.5. The van der Waals surface area contributed by atoms with Crippen molar-refractivity contribution in [2.45, 2.75) is 13.5 Å². The van der Waals surface area contributed by atoms with Gasteiger partial charge in [0.1, 0.15) is 13.2 Å². The van der Waals surface area contributed by atoms with E-state index in [-0.39, 0.29) is 5.91 Å². The number of carbonyl (C=O) groups excluding carboxylic acids is 1. The molecule has 0 saturated heterocycles. The van der Waals surface area contributed by atoms with Gasteiger partial charge in [-0.15, -0.1) is 0 Å². The number of nitrogen functional groups attached to an aromatic ring is 1. The molecular weight excluding hydrogens is 280 g/mol. The van der Waals surface area contributed by atoms with Crippen molar-refractivity contribution < 1.29 is 14.3 Å². The third-order valence-corrected chi connectivity index (χ3v) is 3.51. The highest BCUT2D eigenvalue weighted by molar-refractivity contribution is 5.91. The number of rotatable bonds is 3. The van der Waals surface area contributed by atoms with E-state index < -0.39 is 0 Å². The predicted octanol–water partition coefficient (Wildman–Crippen LogP) is 2.59. The fourth-order valence-electron chi connectivity index (χ4n) is 2.45. The number of amides is 1. The van der Waals surface area contributed by atoms with Crippen molar-refractivity contribution in [3.05, 3.63) is 48.0 Å². The van der Waals surface area contributed by atoms with Crippen LogP contribution < -0.4 is 20.1 Å². The number of nitrogens with zero attached hydrogens (tertiary/aromatic N) is 1. The lowest BCUT2D eigenvalue weighted by Crippen LogP contribution is -2.28. The molecule has 0 radical (unpaired) electrons. The van der Waals surface area contributed by atoms with Gasteiger partial charge < -0.3 is 20.1 Å². The molecule has 0 aliphatic carbocycles. The zero-order valence-corrected chi connectivity index (χ0v) is 12.4. The Morgan fingerprint density at radius 1 is 1.14 bits per heavy atom. The van der Waals surface area contributed by atoms with Gasteiger partial charge in [0.25, 0.3) is 0 Å². The van der Waals surface area contributed by atoms with E-state index in [1.165, 1.54) is 0 Å². The minimum absolute atomic E-state index is 0.0412. The first-order valence-electron chi connectivity index (χ1n) is 7.15. The molecule has 5 nitrogen and oxygen atoms in total. The summed E-state index contributed by atoms with van der Waals surface area (Å²) >= 11 is 0. The van der Waals surface area contributed by atoms with Crippen LogP contribution in [0.3, 0.4) is 0 Å². The molecule has 0 atom stereocenters. The molecule has 0 fully saturated rings. The summed E-state index contributed by atoms with van der Waals surface area (Å²) in [6.45, 7) is 3.11. The Balaban J connectivity index is 1.86. The van der Waals surface area contributed by atoms with Gasteiger partial charge >= 0.3 is 0 Å². The molecule has 1 aliphatic rings. The molecular formula is C17H18N2O3. The Bertz CT molecular complexity index is 700. The van der Waals surface area contributed by atoms with Gasteiger partial charge in [-0.1, -0.05) is 12.1 Å². The van der Waals surface area contributed by atoms with Crippen LogP contribution in [0.2, 0.25) is 0 Å². The highest BCUT2D eigenvalue weighted by Crippen LogP contribution is 2.31. The van der Waals surface area contributed by atoms with Crippen molar-refractivity contribution in [2.24, 2.45) is 0 Å². The van der Waals surface area contributed by atoms with Gasteiger partial charge in [0, 0.05) is 18.3 Å². The number of anilines is 2. The summed E-state index contributed by atoms with van der Waals surface area (Å²) in [5, 5.41) is 0. The first-order valence-corrected chi connectivity index (χ1v) is 7.15. The summed E-state index contributed by atoms with van der Waals surface area (Å²) in [5.74, 6) is 1.42. The molecule has 2 aromatic rings. The number of ether oxygens (including phenoxy) is 2. The lowest BCUT2D eigenvalue weighted by atomic mass is 10.1. The molecule has 22 heavy (non-hydrogen) atoms. The largest absolute Gasteiger partial charge is 0.486 e. The minimum atomic E-state index is -0.0412. The van der Waals surface area contributed by atoms with Crippen molar-refractivity contribution in [2.75, 3.05) is 23.8 Å². The maximum Gasteiger partial charge on any atom is 0.224 e. The van der Waals surface area contributed by atoms with Gasteiger partial charge in [-0.05, 0) is 35.9 Å². The molecule has 1 heterocycles. The smallest absolute Gasteiger partial charge is 0.224 e. The minimum Gasteiger partial charge on any atom is -0.486 e. The van der Waals surface area contributed by atoms with Crippen LogP contribution >= 0.6 is 0 Å². The van der Waals surface area contributed by atoms with E-state index in [9.17, 15) is 4.79 Å². The first kappa shape index (κ1) is 14.3. The normalized spacial score (nSPS) is 12.8. The molecule has 0 spiro atoms. The Morgan fingerprint density at radius 3 is 2.64 bits per heavy atom. The Hall–Kier alpha value is -2.69. The standard InChI is InChI=1S/C17H18N2O3/c1-12(20)19(15-4-2-3-14(18)10-15)11-13-5-6-16-17(9-13)22-8-7-21-16/h2-6,9-10H,7-8,11,18H2,1H3. The highest BCUT2D eigenvalue weighted by atomic mass is 16.6. The van der Waals surface area contributed by atoms with Crippen LogP contribution in [0.25, 0.3) is 0 Å². The molecule has 3 rings (SSSR count). The van der Waals surface area contributed by atoms with Gasteiger partial charge in [0.05, 0.1) is 6.54 Å². The van der Waals surface area contributed by atoms with E-state index in [1.807, 2.05) is 30.3 Å². The van der Waals surface area contributed by atoms with Gasteiger partial charge in [-0.3, -0.25) is 4.79 Å². The third kappa shape index (κ3) is 2.98. The summed E-state index contributed by atoms with van der Waals surface area (Å²) in [7, 11) is 0. The van der Waals surface area contributed by atoms with Crippen LogP contribution in [0.15, 0.2) is 42.5 Å². The molecule has 0 aromatic heterocycles. The second kappa shape index (κ2) is 5.97. The molecule has 2 N–H and O–H groups in total. The van der Waals surface area contributed by atoms with E-state index in [2.05, 4.69) is 0 Å². The lowest BCUT2D eigenvalue weighted by molar-refractivity contribution is -0.116. The van der Waals surface area contributed by atoms with Crippen LogP contribution in [0.4, 0.5) is 11.4 Å². The number of carbonyl (C=O) groups is 1. The quantitative estimate of drug-likeness (QED) is 0.885. The average molecular weight is 298 g/mol.